The largest absolute Gasteiger partial charge is 0.451 e. The van der Waals surface area contributed by atoms with Gasteiger partial charge in [-0.1, -0.05) is 18.2 Å². The van der Waals surface area contributed by atoms with Crippen LogP contribution in [0, 0.1) is 24.0 Å². The zero-order valence-electron chi connectivity index (χ0n) is 16.2. The summed E-state index contributed by atoms with van der Waals surface area (Å²) in [6.07, 6.45) is -0.231. The smallest absolute Gasteiger partial charge is 0.328 e. The molecule has 1 aromatic carbocycles. The van der Waals surface area contributed by atoms with Crippen LogP contribution in [-0.4, -0.2) is 38.7 Å². The van der Waals surface area contributed by atoms with Crippen LogP contribution in [0.5, 0.6) is 0 Å². The molecule has 1 amide bonds. The van der Waals surface area contributed by atoms with Crippen LogP contribution in [0.1, 0.15) is 30.8 Å². The Labute approximate surface area is 162 Å². The minimum atomic E-state index is -0.979. The summed E-state index contributed by atoms with van der Waals surface area (Å²) in [4.78, 5) is 37.3. The second-order valence-electron chi connectivity index (χ2n) is 6.96. The highest BCUT2D eigenvalue weighted by Gasteiger charge is 2.34. The Morgan fingerprint density at radius 3 is 2.68 bits per heavy atom. The van der Waals surface area contributed by atoms with Crippen molar-refractivity contribution < 1.29 is 19.2 Å². The van der Waals surface area contributed by atoms with E-state index in [1.54, 1.807) is 4.90 Å². The van der Waals surface area contributed by atoms with Crippen molar-refractivity contribution in [3.8, 4) is 0 Å². The van der Waals surface area contributed by atoms with E-state index >= 15 is 0 Å². The number of anilines is 1. The number of esters is 1. The van der Waals surface area contributed by atoms with E-state index in [0.717, 1.165) is 17.7 Å². The van der Waals surface area contributed by atoms with E-state index in [1.165, 1.54) is 25.5 Å². The number of benzene rings is 1. The highest BCUT2D eigenvalue weighted by Crippen LogP contribution is 2.32. The van der Waals surface area contributed by atoms with Gasteiger partial charge in [0.05, 0.1) is 4.92 Å². The Bertz CT molecular complexity index is 952. The Morgan fingerprint density at radius 2 is 2.04 bits per heavy atom. The summed E-state index contributed by atoms with van der Waals surface area (Å²) in [7, 11) is 0. The standard InChI is InChI=1S/C19H22N4O5/c1-11-9-15-7-5-6-8-16(15)22(11)19(25)14(4)28-17(24)10-21-13(3)18(23(26)27)12(2)20-21/h5-8,11,14H,9-10H2,1-4H3/t11-,14-/m1/s1. The number of aryl methyl sites for hydroxylation is 1. The average Bonchev–Trinajstić information content (AvgIpc) is 3.09. The van der Waals surface area contributed by atoms with Gasteiger partial charge < -0.3 is 9.64 Å². The second-order valence-corrected chi connectivity index (χ2v) is 6.96. The number of carbonyl (C=O) groups is 2. The summed E-state index contributed by atoms with van der Waals surface area (Å²) in [5, 5.41) is 15.1. The monoisotopic (exact) mass is 386 g/mol. The fraction of sp³-hybridized carbons (Fsp3) is 0.421. The van der Waals surface area contributed by atoms with Gasteiger partial charge in [-0.15, -0.1) is 0 Å². The molecule has 0 aliphatic carbocycles. The number of carbonyl (C=O) groups excluding carboxylic acids is 2. The predicted molar refractivity (Wildman–Crippen MR) is 101 cm³/mol. The first-order chi connectivity index (χ1) is 13.2. The number of fused-ring (bicyclic) bond motifs is 1. The van der Waals surface area contributed by atoms with Crippen molar-refractivity contribution in [2.45, 2.75) is 52.8 Å². The van der Waals surface area contributed by atoms with Crippen LogP contribution in [0.3, 0.4) is 0 Å². The Balaban J connectivity index is 1.69. The molecule has 2 aromatic rings. The summed E-state index contributed by atoms with van der Waals surface area (Å²) in [6.45, 7) is 6.19. The lowest BCUT2D eigenvalue weighted by Crippen LogP contribution is -2.43. The molecule has 0 saturated carbocycles. The van der Waals surface area contributed by atoms with Gasteiger partial charge in [-0.3, -0.25) is 24.4 Å². The second kappa shape index (κ2) is 7.41. The Hall–Kier alpha value is -3.23. The normalized spacial score (nSPS) is 16.6. The predicted octanol–water partition coefficient (Wildman–Crippen LogP) is 2.32. The quantitative estimate of drug-likeness (QED) is 0.443. The number of rotatable bonds is 5. The van der Waals surface area contributed by atoms with E-state index in [-0.39, 0.29) is 35.6 Å². The van der Waals surface area contributed by atoms with Crippen molar-refractivity contribution in [3.05, 3.63) is 51.3 Å². The maximum atomic E-state index is 12.9. The minimum absolute atomic E-state index is 0.0234. The number of nitro groups is 1. The number of aromatic nitrogens is 2. The molecule has 0 spiro atoms. The molecule has 1 aromatic heterocycles. The maximum Gasteiger partial charge on any atom is 0.328 e. The number of ether oxygens (including phenoxy) is 1. The summed E-state index contributed by atoms with van der Waals surface area (Å²) in [5.74, 6) is -0.980. The molecular formula is C19H22N4O5. The molecule has 3 rings (SSSR count). The van der Waals surface area contributed by atoms with Crippen LogP contribution in [0.25, 0.3) is 0 Å². The van der Waals surface area contributed by atoms with Gasteiger partial charge in [0.15, 0.2) is 6.10 Å². The van der Waals surface area contributed by atoms with Gasteiger partial charge in [0.1, 0.15) is 17.9 Å². The van der Waals surface area contributed by atoms with Gasteiger partial charge in [0.2, 0.25) is 0 Å². The number of hydrogen-bond acceptors (Lipinski definition) is 6. The molecule has 1 aliphatic rings. The van der Waals surface area contributed by atoms with Crippen molar-refractivity contribution in [3.63, 3.8) is 0 Å². The van der Waals surface area contributed by atoms with E-state index in [9.17, 15) is 19.7 Å². The molecule has 9 nitrogen and oxygen atoms in total. The van der Waals surface area contributed by atoms with Crippen molar-refractivity contribution >= 4 is 23.3 Å². The van der Waals surface area contributed by atoms with E-state index in [4.69, 9.17) is 4.74 Å². The van der Waals surface area contributed by atoms with E-state index in [0.29, 0.717) is 0 Å². The molecule has 2 atom stereocenters. The average molecular weight is 386 g/mol. The molecule has 9 heteroatoms. The molecule has 0 unspecified atom stereocenters. The first-order valence-corrected chi connectivity index (χ1v) is 8.99. The Morgan fingerprint density at radius 1 is 1.36 bits per heavy atom. The van der Waals surface area contributed by atoms with Crippen LogP contribution in [0.4, 0.5) is 11.4 Å². The highest BCUT2D eigenvalue weighted by molar-refractivity contribution is 5.99. The van der Waals surface area contributed by atoms with Crippen molar-refractivity contribution in [1.29, 1.82) is 0 Å². The third-order valence-corrected chi connectivity index (χ3v) is 4.91. The molecule has 148 valence electrons. The molecular weight excluding hydrogens is 364 g/mol. The number of amides is 1. The topological polar surface area (TPSA) is 108 Å². The van der Waals surface area contributed by atoms with Gasteiger partial charge in [-0.05, 0) is 45.7 Å². The maximum absolute atomic E-state index is 12.9. The highest BCUT2D eigenvalue weighted by atomic mass is 16.6. The molecule has 2 heterocycles. The molecule has 0 saturated heterocycles. The van der Waals surface area contributed by atoms with Gasteiger partial charge in [0.25, 0.3) is 5.91 Å². The van der Waals surface area contributed by atoms with Gasteiger partial charge >= 0.3 is 11.7 Å². The van der Waals surface area contributed by atoms with Crippen molar-refractivity contribution in [1.82, 2.24) is 9.78 Å². The van der Waals surface area contributed by atoms with Gasteiger partial charge in [0, 0.05) is 11.7 Å². The fourth-order valence-electron chi connectivity index (χ4n) is 3.61. The third-order valence-electron chi connectivity index (χ3n) is 4.91. The lowest BCUT2D eigenvalue weighted by molar-refractivity contribution is -0.386. The van der Waals surface area contributed by atoms with E-state index in [1.807, 2.05) is 31.2 Å². The Kier molecular flexibility index (Phi) is 5.17. The molecule has 0 N–H and O–H groups in total. The van der Waals surface area contributed by atoms with Gasteiger partial charge in [-0.2, -0.15) is 5.10 Å². The zero-order valence-corrected chi connectivity index (χ0v) is 16.2. The van der Waals surface area contributed by atoms with Crippen LogP contribution < -0.4 is 4.90 Å². The van der Waals surface area contributed by atoms with E-state index in [2.05, 4.69) is 5.10 Å². The fourth-order valence-corrected chi connectivity index (χ4v) is 3.61. The number of para-hydroxylation sites is 1. The van der Waals surface area contributed by atoms with Crippen molar-refractivity contribution in [2.75, 3.05) is 4.90 Å². The van der Waals surface area contributed by atoms with Crippen LogP contribution in [0.15, 0.2) is 24.3 Å². The summed E-state index contributed by atoms with van der Waals surface area (Å²) < 4.78 is 6.52. The van der Waals surface area contributed by atoms with Crippen LogP contribution >= 0.6 is 0 Å². The number of hydrogen-bond donors (Lipinski definition) is 0. The van der Waals surface area contributed by atoms with Gasteiger partial charge in [-0.25, -0.2) is 0 Å². The molecule has 28 heavy (non-hydrogen) atoms. The van der Waals surface area contributed by atoms with Crippen molar-refractivity contribution in [2.24, 2.45) is 0 Å². The first kappa shape index (κ1) is 19.5. The van der Waals surface area contributed by atoms with E-state index < -0.39 is 17.0 Å². The molecule has 0 fully saturated rings. The zero-order chi connectivity index (χ0) is 20.6. The van der Waals surface area contributed by atoms with Crippen LogP contribution in [0.2, 0.25) is 0 Å². The molecule has 0 bridgehead atoms. The third kappa shape index (κ3) is 3.47. The van der Waals surface area contributed by atoms with Crippen LogP contribution in [-0.2, 0) is 27.3 Å². The lowest BCUT2D eigenvalue weighted by atomic mass is 10.1. The lowest BCUT2D eigenvalue weighted by Gasteiger charge is -2.25. The summed E-state index contributed by atoms with van der Waals surface area (Å²) in [5.41, 5.74) is 2.27. The first-order valence-electron chi connectivity index (χ1n) is 8.99. The minimum Gasteiger partial charge on any atom is -0.451 e. The SMILES string of the molecule is Cc1nn(CC(=O)O[C@H](C)C(=O)N2c3ccccc3C[C@H]2C)c(C)c1[N+](=O)[O-]. The number of nitrogens with zero attached hydrogens (tertiary/aromatic N) is 4. The summed E-state index contributed by atoms with van der Waals surface area (Å²) in [6, 6.07) is 7.62. The molecule has 1 aliphatic heterocycles. The molecule has 0 radical (unpaired) electrons. The summed E-state index contributed by atoms with van der Waals surface area (Å²) >= 11 is 0.